The van der Waals surface area contributed by atoms with Gasteiger partial charge in [0.2, 0.25) is 5.91 Å². The molecule has 1 aliphatic rings. The number of nitrogens with zero attached hydrogens (tertiary/aromatic N) is 3. The molecule has 0 atom stereocenters. The Morgan fingerprint density at radius 1 is 1.07 bits per heavy atom. The Morgan fingerprint density at radius 3 is 2.71 bits per heavy atom. The molecule has 6 nitrogen and oxygen atoms in total. The summed E-state index contributed by atoms with van der Waals surface area (Å²) in [7, 11) is 1.64. The molecule has 0 bridgehead atoms. The lowest BCUT2D eigenvalue weighted by atomic mass is 10.1. The van der Waals surface area contributed by atoms with Crippen molar-refractivity contribution in [2.75, 3.05) is 33.3 Å². The summed E-state index contributed by atoms with van der Waals surface area (Å²) in [6.45, 7) is 4.08. The minimum Gasteiger partial charge on any atom is -0.497 e. The molecule has 0 N–H and O–H groups in total. The van der Waals surface area contributed by atoms with Gasteiger partial charge in [0.15, 0.2) is 5.58 Å². The van der Waals surface area contributed by atoms with Gasteiger partial charge >= 0.3 is 0 Å². The molecule has 1 aliphatic heterocycles. The molecule has 0 saturated carbocycles. The van der Waals surface area contributed by atoms with Crippen LogP contribution in [-0.4, -0.2) is 54.2 Å². The van der Waals surface area contributed by atoms with Crippen LogP contribution in [-0.2, 0) is 17.8 Å². The first kappa shape index (κ1) is 18.5. The number of methoxy groups -OCH3 is 1. The normalized spacial score (nSPS) is 15.5. The summed E-state index contributed by atoms with van der Waals surface area (Å²) in [6.07, 6.45) is 1.39. The van der Waals surface area contributed by atoms with E-state index in [1.807, 2.05) is 53.4 Å². The third kappa shape index (κ3) is 4.17. The van der Waals surface area contributed by atoms with E-state index >= 15 is 0 Å². The highest BCUT2D eigenvalue weighted by molar-refractivity contribution is 5.79. The first-order valence-corrected chi connectivity index (χ1v) is 9.69. The van der Waals surface area contributed by atoms with E-state index in [4.69, 9.17) is 9.26 Å². The van der Waals surface area contributed by atoms with Crippen molar-refractivity contribution in [3.05, 3.63) is 59.8 Å². The van der Waals surface area contributed by atoms with Gasteiger partial charge in [-0.2, -0.15) is 0 Å². The molecule has 4 rings (SSSR count). The lowest BCUT2D eigenvalue weighted by Crippen LogP contribution is -2.36. The lowest BCUT2D eigenvalue weighted by Gasteiger charge is -2.21. The molecule has 1 amide bonds. The molecule has 28 heavy (non-hydrogen) atoms. The van der Waals surface area contributed by atoms with Crippen molar-refractivity contribution >= 4 is 16.9 Å². The van der Waals surface area contributed by atoms with E-state index in [-0.39, 0.29) is 5.91 Å². The SMILES string of the molecule is COc1ccc(CC(=O)N2CCCN(Cc3noc4ccccc34)CC2)cc1. The average molecular weight is 379 g/mol. The van der Waals surface area contributed by atoms with Crippen LogP contribution in [0.25, 0.3) is 11.0 Å². The van der Waals surface area contributed by atoms with Gasteiger partial charge in [0, 0.05) is 38.1 Å². The standard InChI is InChI=1S/C22H25N3O3/c1-27-18-9-7-17(8-10-18)15-22(26)25-12-4-11-24(13-14-25)16-20-19-5-2-3-6-21(19)28-23-20/h2-3,5-10H,4,11-16H2,1H3. The monoisotopic (exact) mass is 379 g/mol. The molecule has 0 spiro atoms. The molecule has 0 unspecified atom stereocenters. The second-order valence-electron chi connectivity index (χ2n) is 7.16. The van der Waals surface area contributed by atoms with Gasteiger partial charge in [-0.05, 0) is 36.2 Å². The number of carbonyl (C=O) groups excluding carboxylic acids is 1. The fourth-order valence-corrected chi connectivity index (χ4v) is 3.67. The molecule has 1 aromatic heterocycles. The van der Waals surface area contributed by atoms with Crippen LogP contribution >= 0.6 is 0 Å². The van der Waals surface area contributed by atoms with E-state index in [2.05, 4.69) is 10.1 Å². The van der Waals surface area contributed by atoms with Gasteiger partial charge in [-0.25, -0.2) is 0 Å². The first-order valence-electron chi connectivity index (χ1n) is 9.69. The van der Waals surface area contributed by atoms with Crippen molar-refractivity contribution in [3.8, 4) is 5.75 Å². The molecule has 1 saturated heterocycles. The van der Waals surface area contributed by atoms with Crippen LogP contribution in [0, 0.1) is 0 Å². The predicted octanol–water partition coefficient (Wildman–Crippen LogP) is 3.11. The van der Waals surface area contributed by atoms with Crippen LogP contribution in [0.1, 0.15) is 17.7 Å². The smallest absolute Gasteiger partial charge is 0.227 e. The van der Waals surface area contributed by atoms with Gasteiger partial charge in [0.1, 0.15) is 11.4 Å². The topological polar surface area (TPSA) is 58.8 Å². The molecular formula is C22H25N3O3. The minimum absolute atomic E-state index is 0.180. The van der Waals surface area contributed by atoms with Crippen LogP contribution in [0.3, 0.4) is 0 Å². The largest absolute Gasteiger partial charge is 0.497 e. The highest BCUT2D eigenvalue weighted by Crippen LogP contribution is 2.20. The minimum atomic E-state index is 0.180. The second kappa shape index (κ2) is 8.44. The maximum absolute atomic E-state index is 12.7. The Balaban J connectivity index is 1.34. The van der Waals surface area contributed by atoms with Crippen LogP contribution in [0.5, 0.6) is 5.75 Å². The summed E-state index contributed by atoms with van der Waals surface area (Å²) in [5.74, 6) is 0.987. The number of amides is 1. The second-order valence-corrected chi connectivity index (χ2v) is 7.16. The van der Waals surface area contributed by atoms with E-state index in [1.54, 1.807) is 7.11 Å². The van der Waals surface area contributed by atoms with E-state index in [0.717, 1.165) is 67.1 Å². The van der Waals surface area contributed by atoms with Gasteiger partial charge in [-0.3, -0.25) is 9.69 Å². The average Bonchev–Trinajstić information content (AvgIpc) is 2.98. The maximum atomic E-state index is 12.7. The van der Waals surface area contributed by atoms with Gasteiger partial charge in [0.05, 0.1) is 13.5 Å². The van der Waals surface area contributed by atoms with Gasteiger partial charge in [-0.1, -0.05) is 29.4 Å². The Morgan fingerprint density at radius 2 is 1.89 bits per heavy atom. The highest BCUT2D eigenvalue weighted by Gasteiger charge is 2.20. The summed E-state index contributed by atoms with van der Waals surface area (Å²) >= 11 is 0. The zero-order valence-electron chi connectivity index (χ0n) is 16.1. The summed E-state index contributed by atoms with van der Waals surface area (Å²) in [4.78, 5) is 17.1. The number of aromatic nitrogens is 1. The Kier molecular flexibility index (Phi) is 5.58. The van der Waals surface area contributed by atoms with E-state index in [1.165, 1.54) is 0 Å². The summed E-state index contributed by atoms with van der Waals surface area (Å²) in [6, 6.07) is 15.6. The Bertz CT molecular complexity index is 936. The van der Waals surface area contributed by atoms with Crippen molar-refractivity contribution < 1.29 is 14.1 Å². The van der Waals surface area contributed by atoms with E-state index < -0.39 is 0 Å². The van der Waals surface area contributed by atoms with Crippen LogP contribution in [0.15, 0.2) is 53.1 Å². The quantitative estimate of drug-likeness (QED) is 0.682. The lowest BCUT2D eigenvalue weighted by molar-refractivity contribution is -0.130. The van der Waals surface area contributed by atoms with Gasteiger partial charge < -0.3 is 14.2 Å². The number of hydrogen-bond acceptors (Lipinski definition) is 5. The number of benzene rings is 2. The number of fused-ring (bicyclic) bond motifs is 1. The molecule has 1 fully saturated rings. The third-order valence-electron chi connectivity index (χ3n) is 5.28. The van der Waals surface area contributed by atoms with Crippen molar-refractivity contribution in [3.63, 3.8) is 0 Å². The number of carbonyl (C=O) groups is 1. The van der Waals surface area contributed by atoms with Crippen molar-refractivity contribution in [2.24, 2.45) is 0 Å². The predicted molar refractivity (Wildman–Crippen MR) is 107 cm³/mol. The first-order chi connectivity index (χ1) is 13.7. The molecule has 2 aromatic carbocycles. The molecule has 2 heterocycles. The van der Waals surface area contributed by atoms with Crippen molar-refractivity contribution in [1.29, 1.82) is 0 Å². The molecule has 0 aliphatic carbocycles. The maximum Gasteiger partial charge on any atom is 0.227 e. The van der Waals surface area contributed by atoms with Crippen LogP contribution < -0.4 is 4.74 Å². The highest BCUT2D eigenvalue weighted by atomic mass is 16.5. The molecule has 146 valence electrons. The van der Waals surface area contributed by atoms with Crippen molar-refractivity contribution in [2.45, 2.75) is 19.4 Å². The molecule has 6 heteroatoms. The fraction of sp³-hybridized carbons (Fsp3) is 0.364. The number of hydrogen-bond donors (Lipinski definition) is 0. The van der Waals surface area contributed by atoms with E-state index in [9.17, 15) is 4.79 Å². The summed E-state index contributed by atoms with van der Waals surface area (Å²) < 4.78 is 10.6. The number of ether oxygens (including phenoxy) is 1. The number of rotatable bonds is 5. The van der Waals surface area contributed by atoms with Crippen LogP contribution in [0.2, 0.25) is 0 Å². The van der Waals surface area contributed by atoms with Gasteiger partial charge in [-0.15, -0.1) is 0 Å². The number of para-hydroxylation sites is 1. The molecule has 0 radical (unpaired) electrons. The van der Waals surface area contributed by atoms with Gasteiger partial charge in [0.25, 0.3) is 0 Å². The zero-order valence-corrected chi connectivity index (χ0v) is 16.1. The Labute approximate surface area is 164 Å². The fourth-order valence-electron chi connectivity index (χ4n) is 3.67. The van der Waals surface area contributed by atoms with Crippen molar-refractivity contribution in [1.82, 2.24) is 15.0 Å². The Hall–Kier alpha value is -2.86. The van der Waals surface area contributed by atoms with E-state index in [0.29, 0.717) is 6.42 Å². The van der Waals surface area contributed by atoms with Crippen LogP contribution in [0.4, 0.5) is 0 Å². The molecular weight excluding hydrogens is 354 g/mol. The summed E-state index contributed by atoms with van der Waals surface area (Å²) in [5.41, 5.74) is 2.80. The zero-order chi connectivity index (χ0) is 19.3. The molecule has 3 aromatic rings. The third-order valence-corrected chi connectivity index (χ3v) is 5.28. The summed E-state index contributed by atoms with van der Waals surface area (Å²) in [5, 5.41) is 5.31.